The van der Waals surface area contributed by atoms with Crippen LogP contribution in [0.1, 0.15) is 26.3 Å². The Morgan fingerprint density at radius 2 is 1.62 bits per heavy atom. The van der Waals surface area contributed by atoms with E-state index in [4.69, 9.17) is 14.6 Å². The Bertz CT molecular complexity index is 247. The lowest BCUT2D eigenvalue weighted by Gasteiger charge is -1.97. The Hall–Kier alpha value is -1.35. The van der Waals surface area contributed by atoms with E-state index in [1.807, 2.05) is 45.8 Å². The molecule has 3 nitrogen and oxygen atoms in total. The molecule has 3 heteroatoms. The van der Waals surface area contributed by atoms with Gasteiger partial charge in [0.05, 0.1) is 0 Å². The normalized spacial score (nSPS) is 8.19. The van der Waals surface area contributed by atoms with Crippen LogP contribution in [0.2, 0.25) is 0 Å². The molecule has 0 heterocycles. The SMILES string of the molecule is C=O.CCOCC.CCc1ccccc1O. The Morgan fingerprint density at radius 3 is 1.88 bits per heavy atom. The minimum Gasteiger partial charge on any atom is -0.508 e. The fourth-order valence-corrected chi connectivity index (χ4v) is 1.01. The van der Waals surface area contributed by atoms with Crippen LogP contribution in [0.4, 0.5) is 0 Å². The second-order valence-corrected chi connectivity index (χ2v) is 2.76. The molecule has 1 rings (SSSR count). The van der Waals surface area contributed by atoms with Crippen molar-refractivity contribution < 1.29 is 14.6 Å². The Balaban J connectivity index is 0. The molecule has 0 aliphatic heterocycles. The topological polar surface area (TPSA) is 46.5 Å². The number of carbonyl (C=O) groups is 1. The van der Waals surface area contributed by atoms with E-state index in [9.17, 15) is 0 Å². The molecule has 0 amide bonds. The van der Waals surface area contributed by atoms with E-state index in [0.29, 0.717) is 5.75 Å². The molecule has 0 aliphatic rings. The predicted molar refractivity (Wildman–Crippen MR) is 66.8 cm³/mol. The number of rotatable bonds is 3. The van der Waals surface area contributed by atoms with Gasteiger partial charge in [0.1, 0.15) is 12.5 Å². The number of aromatic hydroxyl groups is 1. The van der Waals surface area contributed by atoms with Crippen LogP contribution in [0.15, 0.2) is 24.3 Å². The molecule has 0 saturated heterocycles. The zero-order chi connectivity index (χ0) is 12.8. The second kappa shape index (κ2) is 13.7. The van der Waals surface area contributed by atoms with Gasteiger partial charge in [-0.25, -0.2) is 0 Å². The van der Waals surface area contributed by atoms with Gasteiger partial charge in [-0.15, -0.1) is 0 Å². The monoisotopic (exact) mass is 226 g/mol. The zero-order valence-electron chi connectivity index (χ0n) is 10.4. The minimum absolute atomic E-state index is 0.403. The summed E-state index contributed by atoms with van der Waals surface area (Å²) in [6, 6.07) is 7.39. The molecule has 0 saturated carbocycles. The van der Waals surface area contributed by atoms with Crippen molar-refractivity contribution in [2.24, 2.45) is 0 Å². The quantitative estimate of drug-likeness (QED) is 0.862. The summed E-state index contributed by atoms with van der Waals surface area (Å²) in [6.45, 7) is 9.69. The highest BCUT2D eigenvalue weighted by molar-refractivity contribution is 5.31. The van der Waals surface area contributed by atoms with Gasteiger partial charge in [-0.1, -0.05) is 25.1 Å². The van der Waals surface area contributed by atoms with Gasteiger partial charge < -0.3 is 14.6 Å². The average Bonchev–Trinajstić information content (AvgIpc) is 2.34. The number of phenols is 1. The molecular weight excluding hydrogens is 204 g/mol. The summed E-state index contributed by atoms with van der Waals surface area (Å²) < 4.78 is 4.83. The van der Waals surface area contributed by atoms with Crippen molar-refractivity contribution in [3.05, 3.63) is 29.8 Å². The zero-order valence-corrected chi connectivity index (χ0v) is 10.4. The summed E-state index contributed by atoms with van der Waals surface area (Å²) in [5.74, 6) is 0.403. The molecule has 0 atom stereocenters. The number of phenolic OH excluding ortho intramolecular Hbond substituents is 1. The molecule has 1 aromatic rings. The van der Waals surface area contributed by atoms with Crippen molar-refractivity contribution in [2.45, 2.75) is 27.2 Å². The lowest BCUT2D eigenvalue weighted by molar-refractivity contribution is -0.0979. The highest BCUT2D eigenvalue weighted by Crippen LogP contribution is 2.14. The van der Waals surface area contributed by atoms with Crippen LogP contribution in [0.25, 0.3) is 0 Å². The van der Waals surface area contributed by atoms with Crippen LogP contribution < -0.4 is 0 Å². The third kappa shape index (κ3) is 9.21. The first kappa shape index (κ1) is 17.1. The first-order valence-electron chi connectivity index (χ1n) is 5.39. The maximum absolute atomic E-state index is 9.11. The van der Waals surface area contributed by atoms with Gasteiger partial charge in [-0.3, -0.25) is 0 Å². The smallest absolute Gasteiger partial charge is 0.118 e. The van der Waals surface area contributed by atoms with Crippen LogP contribution >= 0.6 is 0 Å². The van der Waals surface area contributed by atoms with Gasteiger partial charge in [0.2, 0.25) is 0 Å². The maximum Gasteiger partial charge on any atom is 0.118 e. The van der Waals surface area contributed by atoms with Gasteiger partial charge in [0.25, 0.3) is 0 Å². The van der Waals surface area contributed by atoms with Gasteiger partial charge >= 0.3 is 0 Å². The van der Waals surface area contributed by atoms with Crippen LogP contribution in [0.5, 0.6) is 5.75 Å². The highest BCUT2D eigenvalue weighted by atomic mass is 16.5. The van der Waals surface area contributed by atoms with Crippen LogP contribution in [-0.4, -0.2) is 25.1 Å². The summed E-state index contributed by atoms with van der Waals surface area (Å²) in [7, 11) is 0. The Kier molecular flexibility index (Phi) is 14.6. The van der Waals surface area contributed by atoms with Crippen LogP contribution in [0.3, 0.4) is 0 Å². The lowest BCUT2D eigenvalue weighted by atomic mass is 10.1. The third-order valence-electron chi connectivity index (χ3n) is 1.78. The van der Waals surface area contributed by atoms with Gasteiger partial charge in [0.15, 0.2) is 0 Å². The molecule has 92 valence electrons. The largest absolute Gasteiger partial charge is 0.508 e. The number of para-hydroxylation sites is 1. The van der Waals surface area contributed by atoms with Crippen LogP contribution in [0, 0.1) is 0 Å². The summed E-state index contributed by atoms with van der Waals surface area (Å²) in [5, 5.41) is 9.11. The molecule has 0 radical (unpaired) electrons. The molecule has 0 bridgehead atoms. The van der Waals surface area contributed by atoms with E-state index in [2.05, 4.69) is 0 Å². The first-order chi connectivity index (χ1) is 7.76. The lowest BCUT2D eigenvalue weighted by Crippen LogP contribution is -1.84. The van der Waals surface area contributed by atoms with Crippen molar-refractivity contribution in [3.63, 3.8) is 0 Å². The van der Waals surface area contributed by atoms with E-state index in [1.165, 1.54) is 0 Å². The van der Waals surface area contributed by atoms with Crippen LogP contribution in [-0.2, 0) is 16.0 Å². The average molecular weight is 226 g/mol. The number of carbonyl (C=O) groups excluding carboxylic acids is 1. The predicted octanol–water partition coefficient (Wildman–Crippen LogP) is 2.81. The number of benzene rings is 1. The van der Waals surface area contributed by atoms with E-state index in [1.54, 1.807) is 6.07 Å². The Morgan fingerprint density at radius 1 is 1.12 bits per heavy atom. The highest BCUT2D eigenvalue weighted by Gasteiger charge is 1.92. The third-order valence-corrected chi connectivity index (χ3v) is 1.78. The van der Waals surface area contributed by atoms with E-state index in [-0.39, 0.29) is 0 Å². The van der Waals surface area contributed by atoms with Gasteiger partial charge in [0, 0.05) is 13.2 Å². The number of hydrogen-bond acceptors (Lipinski definition) is 3. The number of ether oxygens (including phenoxy) is 1. The first-order valence-corrected chi connectivity index (χ1v) is 5.39. The summed E-state index contributed by atoms with van der Waals surface area (Å²) >= 11 is 0. The molecule has 0 fully saturated rings. The fourth-order valence-electron chi connectivity index (χ4n) is 1.01. The standard InChI is InChI=1S/C8H10O.C4H10O.CH2O/c1-2-7-5-3-4-6-8(7)9;1-3-5-4-2;1-2/h3-6,9H,2H2,1H3;3-4H2,1-2H3;1H2. The molecule has 0 aromatic heterocycles. The number of aryl methyl sites for hydroxylation is 1. The maximum atomic E-state index is 9.11. The summed E-state index contributed by atoms with van der Waals surface area (Å²) in [6.07, 6.45) is 0.896. The minimum atomic E-state index is 0.403. The van der Waals surface area contributed by atoms with Gasteiger partial charge in [-0.2, -0.15) is 0 Å². The van der Waals surface area contributed by atoms with Crippen molar-refractivity contribution in [1.82, 2.24) is 0 Å². The van der Waals surface area contributed by atoms with Crippen molar-refractivity contribution in [2.75, 3.05) is 13.2 Å². The van der Waals surface area contributed by atoms with Gasteiger partial charge in [-0.05, 0) is 31.9 Å². The summed E-state index contributed by atoms with van der Waals surface area (Å²) in [5.41, 5.74) is 1.01. The molecule has 16 heavy (non-hydrogen) atoms. The molecule has 0 aliphatic carbocycles. The molecular formula is C13H22O3. The van der Waals surface area contributed by atoms with Crippen molar-refractivity contribution in [1.29, 1.82) is 0 Å². The fraction of sp³-hybridized carbons (Fsp3) is 0.462. The number of hydrogen-bond donors (Lipinski definition) is 1. The molecule has 1 aromatic carbocycles. The summed E-state index contributed by atoms with van der Waals surface area (Å²) in [4.78, 5) is 8.00. The van der Waals surface area contributed by atoms with E-state index in [0.717, 1.165) is 25.2 Å². The van der Waals surface area contributed by atoms with Crippen molar-refractivity contribution in [3.8, 4) is 5.75 Å². The molecule has 0 spiro atoms. The van der Waals surface area contributed by atoms with E-state index < -0.39 is 0 Å². The second-order valence-electron chi connectivity index (χ2n) is 2.76. The van der Waals surface area contributed by atoms with Crippen molar-refractivity contribution >= 4 is 6.79 Å². The van der Waals surface area contributed by atoms with E-state index >= 15 is 0 Å². The molecule has 0 unspecified atom stereocenters. The Labute approximate surface area is 98.1 Å². The molecule has 1 N–H and O–H groups in total.